The second kappa shape index (κ2) is 10.1. The number of nitrogens with zero attached hydrogens (tertiary/aromatic N) is 3. The summed E-state index contributed by atoms with van der Waals surface area (Å²) in [6, 6.07) is 15.1. The maximum absolute atomic E-state index is 13.7. The molecule has 172 valence electrons. The highest BCUT2D eigenvalue weighted by atomic mass is 32.2. The van der Waals surface area contributed by atoms with Crippen LogP contribution in [0.4, 0.5) is 11.6 Å². The lowest BCUT2D eigenvalue weighted by atomic mass is 9.94. The van der Waals surface area contributed by atoms with Gasteiger partial charge < -0.3 is 15.4 Å². The Labute approximate surface area is 198 Å². The highest BCUT2D eigenvalue weighted by Crippen LogP contribution is 2.40. The number of fused-ring (bicyclic) bond motifs is 1. The molecular weight excluding hydrogens is 434 g/mol. The number of anilines is 2. The Kier molecular flexibility index (Phi) is 7.03. The van der Waals surface area contributed by atoms with E-state index in [0.717, 1.165) is 40.4 Å². The fourth-order valence-electron chi connectivity index (χ4n) is 3.86. The van der Waals surface area contributed by atoms with Gasteiger partial charge in [0.2, 0.25) is 11.1 Å². The predicted molar refractivity (Wildman–Crippen MR) is 133 cm³/mol. The summed E-state index contributed by atoms with van der Waals surface area (Å²) < 4.78 is 7.74. The zero-order valence-corrected chi connectivity index (χ0v) is 20.2. The largest absolute Gasteiger partial charge is 0.494 e. The Balaban J connectivity index is 1.81. The zero-order chi connectivity index (χ0) is 23.4. The summed E-state index contributed by atoms with van der Waals surface area (Å²) in [5.74, 6) is 2.09. The molecule has 1 aliphatic heterocycles. The summed E-state index contributed by atoms with van der Waals surface area (Å²) in [4.78, 5) is 18.3. The molecule has 0 radical (unpaired) electrons. The van der Waals surface area contributed by atoms with Crippen LogP contribution in [-0.4, -0.2) is 33.0 Å². The van der Waals surface area contributed by atoms with E-state index >= 15 is 0 Å². The molecule has 33 heavy (non-hydrogen) atoms. The van der Waals surface area contributed by atoms with Gasteiger partial charge in [0, 0.05) is 22.7 Å². The number of hydrogen-bond acceptors (Lipinski definition) is 6. The van der Waals surface area contributed by atoms with Crippen LogP contribution in [0.15, 0.2) is 65.0 Å². The molecule has 0 fully saturated rings. The van der Waals surface area contributed by atoms with Crippen LogP contribution in [0.5, 0.6) is 5.75 Å². The number of aromatic nitrogens is 3. The molecule has 1 aliphatic rings. The van der Waals surface area contributed by atoms with Crippen molar-refractivity contribution < 1.29 is 9.53 Å². The number of carbonyl (C=O) groups excluding carboxylic acids is 1. The van der Waals surface area contributed by atoms with E-state index in [2.05, 4.69) is 22.5 Å². The van der Waals surface area contributed by atoms with Crippen molar-refractivity contribution in [1.82, 2.24) is 14.8 Å². The number of para-hydroxylation sites is 2. The SMILES string of the molecule is CCCSc1nc2n(n1)C(c1ccccc1OCC)C(C(=O)Nc1ccccc1C)=C(C)N2. The first-order valence-electron chi connectivity index (χ1n) is 11.2. The van der Waals surface area contributed by atoms with Crippen LogP contribution in [0.3, 0.4) is 0 Å². The number of carbonyl (C=O) groups is 1. The second-order valence-corrected chi connectivity index (χ2v) is 8.88. The molecule has 0 saturated heterocycles. The van der Waals surface area contributed by atoms with Gasteiger partial charge in [-0.05, 0) is 44.9 Å². The van der Waals surface area contributed by atoms with Gasteiger partial charge in [0.05, 0.1) is 12.2 Å². The minimum atomic E-state index is -0.475. The smallest absolute Gasteiger partial charge is 0.255 e. The highest BCUT2D eigenvalue weighted by Gasteiger charge is 2.36. The number of nitrogens with one attached hydrogen (secondary N) is 2. The summed E-state index contributed by atoms with van der Waals surface area (Å²) in [7, 11) is 0. The summed E-state index contributed by atoms with van der Waals surface area (Å²) in [6.45, 7) is 8.48. The molecule has 2 aromatic carbocycles. The first-order valence-corrected chi connectivity index (χ1v) is 12.2. The molecule has 0 saturated carbocycles. The van der Waals surface area contributed by atoms with Crippen molar-refractivity contribution in [1.29, 1.82) is 0 Å². The number of benzene rings is 2. The van der Waals surface area contributed by atoms with Gasteiger partial charge in [0.1, 0.15) is 11.8 Å². The van der Waals surface area contributed by atoms with Crippen LogP contribution in [-0.2, 0) is 4.79 Å². The fraction of sp³-hybridized carbons (Fsp3) is 0.320. The van der Waals surface area contributed by atoms with Crippen molar-refractivity contribution >= 4 is 29.3 Å². The number of thioether (sulfide) groups is 1. The van der Waals surface area contributed by atoms with E-state index in [-0.39, 0.29) is 5.91 Å². The lowest BCUT2D eigenvalue weighted by Gasteiger charge is -2.29. The molecule has 1 amide bonds. The number of rotatable bonds is 8. The summed E-state index contributed by atoms with van der Waals surface area (Å²) in [5, 5.41) is 11.8. The van der Waals surface area contributed by atoms with Gasteiger partial charge in [-0.3, -0.25) is 4.79 Å². The molecule has 3 aromatic rings. The minimum Gasteiger partial charge on any atom is -0.494 e. The monoisotopic (exact) mass is 463 g/mol. The highest BCUT2D eigenvalue weighted by molar-refractivity contribution is 7.99. The molecule has 8 heteroatoms. The van der Waals surface area contributed by atoms with Gasteiger partial charge in [0.15, 0.2) is 0 Å². The van der Waals surface area contributed by atoms with Gasteiger partial charge in [0.25, 0.3) is 5.91 Å². The van der Waals surface area contributed by atoms with E-state index in [9.17, 15) is 4.79 Å². The van der Waals surface area contributed by atoms with Crippen LogP contribution < -0.4 is 15.4 Å². The van der Waals surface area contributed by atoms with Crippen LogP contribution in [0.25, 0.3) is 0 Å². The number of aryl methyl sites for hydroxylation is 1. The predicted octanol–water partition coefficient (Wildman–Crippen LogP) is 5.41. The molecule has 1 atom stereocenters. The van der Waals surface area contributed by atoms with Gasteiger partial charge >= 0.3 is 0 Å². The topological polar surface area (TPSA) is 81.1 Å². The molecule has 0 aliphatic carbocycles. The quantitative estimate of drug-likeness (QED) is 0.435. The molecule has 1 unspecified atom stereocenters. The van der Waals surface area contributed by atoms with E-state index < -0.39 is 6.04 Å². The second-order valence-electron chi connectivity index (χ2n) is 7.82. The normalized spacial score (nSPS) is 15.1. The van der Waals surface area contributed by atoms with E-state index in [4.69, 9.17) is 9.84 Å². The standard InChI is InChI=1S/C25H29N5O2S/c1-5-15-33-25-28-24-26-17(4)21(23(31)27-19-13-9-7-11-16(19)3)22(30(24)29-25)18-12-8-10-14-20(18)32-6-2/h7-14,22H,5-6,15H2,1-4H3,(H,27,31)(H,26,28,29). The summed E-state index contributed by atoms with van der Waals surface area (Å²) >= 11 is 1.61. The third-order valence-electron chi connectivity index (χ3n) is 5.42. The van der Waals surface area contributed by atoms with Gasteiger partial charge in [-0.25, -0.2) is 4.68 Å². The van der Waals surface area contributed by atoms with Crippen LogP contribution >= 0.6 is 11.8 Å². The van der Waals surface area contributed by atoms with Gasteiger partial charge in [-0.1, -0.05) is 55.1 Å². The minimum absolute atomic E-state index is 0.186. The molecule has 2 heterocycles. The third-order valence-corrected chi connectivity index (χ3v) is 6.46. The summed E-state index contributed by atoms with van der Waals surface area (Å²) in [6.07, 6.45) is 1.03. The molecule has 0 spiro atoms. The Morgan fingerprint density at radius 1 is 1.15 bits per heavy atom. The van der Waals surface area contributed by atoms with Gasteiger partial charge in [-0.15, -0.1) is 5.10 Å². The van der Waals surface area contributed by atoms with Crippen LogP contribution in [0.2, 0.25) is 0 Å². The third kappa shape index (κ3) is 4.75. The Hall–Kier alpha value is -3.26. The first-order chi connectivity index (χ1) is 16.0. The van der Waals surface area contributed by atoms with Crippen molar-refractivity contribution in [2.45, 2.75) is 45.3 Å². The van der Waals surface area contributed by atoms with Gasteiger partial charge in [-0.2, -0.15) is 4.98 Å². The molecule has 0 bridgehead atoms. The zero-order valence-electron chi connectivity index (χ0n) is 19.4. The Morgan fingerprint density at radius 2 is 1.91 bits per heavy atom. The number of amides is 1. The van der Waals surface area contributed by atoms with E-state index in [0.29, 0.717) is 23.3 Å². The first kappa shape index (κ1) is 22.9. The lowest BCUT2D eigenvalue weighted by molar-refractivity contribution is -0.113. The molecule has 2 N–H and O–H groups in total. The maximum Gasteiger partial charge on any atom is 0.255 e. The maximum atomic E-state index is 13.7. The van der Waals surface area contributed by atoms with E-state index in [1.54, 1.807) is 16.4 Å². The number of ether oxygens (including phenoxy) is 1. The molecule has 7 nitrogen and oxygen atoms in total. The van der Waals surface area contributed by atoms with Crippen molar-refractivity contribution in [2.75, 3.05) is 23.0 Å². The Bertz CT molecular complexity index is 1190. The fourth-order valence-corrected chi connectivity index (χ4v) is 4.55. The lowest BCUT2D eigenvalue weighted by Crippen LogP contribution is -2.32. The molecular formula is C25H29N5O2S. The van der Waals surface area contributed by atoms with Crippen molar-refractivity contribution in [3.63, 3.8) is 0 Å². The summed E-state index contributed by atoms with van der Waals surface area (Å²) in [5.41, 5.74) is 3.97. The van der Waals surface area contributed by atoms with Crippen LogP contribution in [0.1, 0.15) is 44.4 Å². The van der Waals surface area contributed by atoms with Crippen molar-refractivity contribution in [3.8, 4) is 5.75 Å². The number of hydrogen-bond donors (Lipinski definition) is 2. The average molecular weight is 464 g/mol. The molecule has 4 rings (SSSR count). The van der Waals surface area contributed by atoms with E-state index in [1.807, 2.05) is 69.3 Å². The molecule has 1 aromatic heterocycles. The van der Waals surface area contributed by atoms with Crippen LogP contribution in [0, 0.1) is 6.92 Å². The average Bonchev–Trinajstić information content (AvgIpc) is 3.21. The Morgan fingerprint density at radius 3 is 2.67 bits per heavy atom. The number of allylic oxidation sites excluding steroid dienone is 1. The van der Waals surface area contributed by atoms with E-state index in [1.165, 1.54) is 0 Å². The van der Waals surface area contributed by atoms with Crippen molar-refractivity contribution in [3.05, 3.63) is 70.9 Å². The van der Waals surface area contributed by atoms with Crippen molar-refractivity contribution in [2.24, 2.45) is 0 Å².